The quantitative estimate of drug-likeness (QED) is 0.484. The molecule has 100 valence electrons. The minimum atomic E-state index is -0.382. The number of nitrogen functional groups attached to an aromatic ring is 1. The second kappa shape index (κ2) is 5.54. The Kier molecular flexibility index (Phi) is 4.04. The molecule has 1 saturated carbocycles. The van der Waals surface area contributed by atoms with Gasteiger partial charge in [-0.25, -0.2) is 5.84 Å². The summed E-state index contributed by atoms with van der Waals surface area (Å²) in [6.45, 7) is 2.70. The summed E-state index contributed by atoms with van der Waals surface area (Å²) in [6, 6.07) is 2.44. The number of nitrogens with two attached hydrogens (primary N) is 1. The molecule has 1 aromatic heterocycles. The first-order valence-electron chi connectivity index (χ1n) is 6.42. The van der Waals surface area contributed by atoms with Crippen LogP contribution in [0.2, 0.25) is 0 Å². The van der Waals surface area contributed by atoms with E-state index in [2.05, 4.69) is 17.4 Å². The van der Waals surface area contributed by atoms with Gasteiger partial charge >= 0.3 is 5.91 Å². The summed E-state index contributed by atoms with van der Waals surface area (Å²) in [5.74, 6) is 5.79. The van der Waals surface area contributed by atoms with E-state index in [4.69, 9.17) is 10.3 Å². The summed E-state index contributed by atoms with van der Waals surface area (Å²) in [5, 5.41) is 0. The molecule has 5 heteroatoms. The zero-order valence-electron chi connectivity index (χ0n) is 11.0. The van der Waals surface area contributed by atoms with Crippen molar-refractivity contribution in [1.29, 1.82) is 0 Å². The van der Waals surface area contributed by atoms with Crippen LogP contribution in [0.1, 0.15) is 47.6 Å². The number of carbonyl (C=O) groups excluding carboxylic acids is 1. The fourth-order valence-corrected chi connectivity index (χ4v) is 2.60. The van der Waals surface area contributed by atoms with E-state index in [0.717, 1.165) is 17.9 Å². The third-order valence-corrected chi connectivity index (χ3v) is 3.74. The summed E-state index contributed by atoms with van der Waals surface area (Å²) < 4.78 is 5.41. The lowest BCUT2D eigenvalue weighted by Gasteiger charge is -2.23. The van der Waals surface area contributed by atoms with Crippen LogP contribution in [0.3, 0.4) is 0 Å². The maximum absolute atomic E-state index is 11.4. The SMILES string of the molecule is Cc1oc(C(=O)NN)cc1CN(C)C1CCCC1. The number of hydrazine groups is 1. The Labute approximate surface area is 107 Å². The molecule has 1 fully saturated rings. The van der Waals surface area contributed by atoms with E-state index < -0.39 is 0 Å². The Morgan fingerprint density at radius 1 is 1.56 bits per heavy atom. The second-order valence-corrected chi connectivity index (χ2v) is 5.02. The Bertz CT molecular complexity index is 422. The Morgan fingerprint density at radius 2 is 2.22 bits per heavy atom. The molecule has 1 heterocycles. The molecule has 0 radical (unpaired) electrons. The maximum Gasteiger partial charge on any atom is 0.300 e. The summed E-state index contributed by atoms with van der Waals surface area (Å²) in [7, 11) is 2.13. The highest BCUT2D eigenvalue weighted by molar-refractivity contribution is 5.91. The molecule has 0 bridgehead atoms. The lowest BCUT2D eigenvalue weighted by atomic mass is 10.1. The van der Waals surface area contributed by atoms with Gasteiger partial charge in [-0.1, -0.05) is 12.8 Å². The lowest BCUT2D eigenvalue weighted by molar-refractivity contribution is 0.0924. The summed E-state index contributed by atoms with van der Waals surface area (Å²) in [6.07, 6.45) is 5.17. The third kappa shape index (κ3) is 2.73. The van der Waals surface area contributed by atoms with Crippen LogP contribution in [-0.4, -0.2) is 23.9 Å². The highest BCUT2D eigenvalue weighted by atomic mass is 16.4. The van der Waals surface area contributed by atoms with Gasteiger partial charge in [-0.05, 0) is 32.9 Å². The predicted octanol–water partition coefficient (Wildman–Crippen LogP) is 1.57. The first-order chi connectivity index (χ1) is 8.61. The number of aryl methyl sites for hydroxylation is 1. The van der Waals surface area contributed by atoms with Crippen LogP contribution in [0.4, 0.5) is 0 Å². The molecular weight excluding hydrogens is 230 g/mol. The van der Waals surface area contributed by atoms with Crippen LogP contribution < -0.4 is 11.3 Å². The van der Waals surface area contributed by atoms with Gasteiger partial charge in [0.1, 0.15) is 5.76 Å². The van der Waals surface area contributed by atoms with Gasteiger partial charge in [0, 0.05) is 18.2 Å². The summed E-state index contributed by atoms with van der Waals surface area (Å²) in [5.41, 5.74) is 3.14. The number of nitrogens with zero attached hydrogens (tertiary/aromatic N) is 1. The van der Waals surface area contributed by atoms with Crippen LogP contribution in [0.25, 0.3) is 0 Å². The average Bonchev–Trinajstić information content (AvgIpc) is 2.99. The van der Waals surface area contributed by atoms with E-state index in [1.165, 1.54) is 25.7 Å². The van der Waals surface area contributed by atoms with Gasteiger partial charge in [0.2, 0.25) is 0 Å². The number of carbonyl (C=O) groups is 1. The zero-order chi connectivity index (χ0) is 13.1. The number of furan rings is 1. The number of amides is 1. The summed E-state index contributed by atoms with van der Waals surface area (Å²) in [4.78, 5) is 13.7. The first-order valence-corrected chi connectivity index (χ1v) is 6.42. The molecule has 0 spiro atoms. The first kappa shape index (κ1) is 13.1. The Morgan fingerprint density at radius 3 is 2.83 bits per heavy atom. The van der Waals surface area contributed by atoms with E-state index in [1.807, 2.05) is 6.92 Å². The van der Waals surface area contributed by atoms with Crippen LogP contribution >= 0.6 is 0 Å². The molecule has 0 unspecified atom stereocenters. The molecular formula is C13H21N3O2. The number of hydrogen-bond donors (Lipinski definition) is 2. The van der Waals surface area contributed by atoms with Gasteiger partial charge < -0.3 is 4.42 Å². The minimum absolute atomic E-state index is 0.282. The maximum atomic E-state index is 11.4. The largest absolute Gasteiger partial charge is 0.456 e. The van der Waals surface area contributed by atoms with Crippen molar-refractivity contribution in [2.24, 2.45) is 5.84 Å². The van der Waals surface area contributed by atoms with Gasteiger partial charge in [0.15, 0.2) is 5.76 Å². The Hall–Kier alpha value is -1.33. The van der Waals surface area contributed by atoms with Crippen molar-refractivity contribution in [2.75, 3.05) is 7.05 Å². The van der Waals surface area contributed by atoms with E-state index in [-0.39, 0.29) is 11.7 Å². The molecule has 0 atom stereocenters. The van der Waals surface area contributed by atoms with Crippen LogP contribution in [-0.2, 0) is 6.54 Å². The number of rotatable bonds is 4. The van der Waals surface area contributed by atoms with Crippen molar-refractivity contribution in [3.05, 3.63) is 23.2 Å². The molecule has 2 rings (SSSR count). The molecule has 0 saturated heterocycles. The highest BCUT2D eigenvalue weighted by Gasteiger charge is 2.21. The van der Waals surface area contributed by atoms with E-state index >= 15 is 0 Å². The van der Waals surface area contributed by atoms with E-state index in [9.17, 15) is 4.79 Å². The van der Waals surface area contributed by atoms with Gasteiger partial charge in [-0.3, -0.25) is 15.1 Å². The molecule has 1 aliphatic carbocycles. The number of hydrogen-bond acceptors (Lipinski definition) is 4. The second-order valence-electron chi connectivity index (χ2n) is 5.02. The molecule has 1 amide bonds. The lowest BCUT2D eigenvalue weighted by Crippen LogP contribution is -2.29. The Balaban J connectivity index is 2.04. The van der Waals surface area contributed by atoms with Crippen molar-refractivity contribution >= 4 is 5.91 Å². The highest BCUT2D eigenvalue weighted by Crippen LogP contribution is 2.25. The summed E-state index contributed by atoms with van der Waals surface area (Å²) >= 11 is 0. The average molecular weight is 251 g/mol. The van der Waals surface area contributed by atoms with E-state index in [1.54, 1.807) is 6.07 Å². The predicted molar refractivity (Wildman–Crippen MR) is 68.8 cm³/mol. The molecule has 18 heavy (non-hydrogen) atoms. The number of nitrogens with one attached hydrogen (secondary N) is 1. The van der Waals surface area contributed by atoms with Gasteiger partial charge in [-0.2, -0.15) is 0 Å². The standard InChI is InChI=1S/C13H21N3O2/c1-9-10(7-12(18-9)13(17)15-14)8-16(2)11-5-3-4-6-11/h7,11H,3-6,8,14H2,1-2H3,(H,15,17). The van der Waals surface area contributed by atoms with Gasteiger partial charge in [-0.15, -0.1) is 0 Å². The van der Waals surface area contributed by atoms with Crippen molar-refractivity contribution in [2.45, 2.75) is 45.2 Å². The monoisotopic (exact) mass is 251 g/mol. The molecule has 1 aromatic rings. The molecule has 5 nitrogen and oxygen atoms in total. The minimum Gasteiger partial charge on any atom is -0.456 e. The van der Waals surface area contributed by atoms with Crippen LogP contribution in [0, 0.1) is 6.92 Å². The van der Waals surface area contributed by atoms with Crippen LogP contribution in [0.15, 0.2) is 10.5 Å². The molecule has 3 N–H and O–H groups in total. The van der Waals surface area contributed by atoms with Gasteiger partial charge in [0.05, 0.1) is 0 Å². The fourth-order valence-electron chi connectivity index (χ4n) is 2.60. The van der Waals surface area contributed by atoms with Gasteiger partial charge in [0.25, 0.3) is 0 Å². The van der Waals surface area contributed by atoms with Crippen LogP contribution in [0.5, 0.6) is 0 Å². The zero-order valence-corrected chi connectivity index (χ0v) is 11.0. The third-order valence-electron chi connectivity index (χ3n) is 3.74. The molecule has 0 aromatic carbocycles. The smallest absolute Gasteiger partial charge is 0.300 e. The fraction of sp³-hybridized carbons (Fsp3) is 0.615. The normalized spacial score (nSPS) is 16.4. The molecule has 1 aliphatic rings. The topological polar surface area (TPSA) is 71.5 Å². The van der Waals surface area contributed by atoms with E-state index in [0.29, 0.717) is 6.04 Å². The van der Waals surface area contributed by atoms with Crippen molar-refractivity contribution < 1.29 is 9.21 Å². The van der Waals surface area contributed by atoms with Crippen molar-refractivity contribution in [1.82, 2.24) is 10.3 Å². The molecule has 0 aliphatic heterocycles. The van der Waals surface area contributed by atoms with Crippen molar-refractivity contribution in [3.63, 3.8) is 0 Å². The van der Waals surface area contributed by atoms with Crippen molar-refractivity contribution in [3.8, 4) is 0 Å².